The van der Waals surface area contributed by atoms with E-state index in [-0.39, 0.29) is 30.1 Å². The number of nitrogens with zero attached hydrogens (tertiary/aromatic N) is 4. The molecule has 0 unspecified atom stereocenters. The van der Waals surface area contributed by atoms with Crippen molar-refractivity contribution in [2.45, 2.75) is 38.1 Å². The lowest BCUT2D eigenvalue weighted by atomic mass is 9.76. The fourth-order valence-electron chi connectivity index (χ4n) is 5.75. The molecule has 2 amide bonds. The van der Waals surface area contributed by atoms with Crippen LogP contribution in [-0.2, 0) is 20.9 Å². The molecule has 170 valence electrons. The molecular formula is C24H25N5O4. The van der Waals surface area contributed by atoms with E-state index in [4.69, 9.17) is 4.74 Å². The number of carbonyl (C=O) groups excluding carboxylic acids is 2. The second-order valence-corrected chi connectivity index (χ2v) is 9.51. The third kappa shape index (κ3) is 2.75. The summed E-state index contributed by atoms with van der Waals surface area (Å²) in [6.07, 6.45) is 3.42. The maximum atomic E-state index is 13.2. The number of fused-ring (bicyclic) bond motifs is 4. The summed E-state index contributed by atoms with van der Waals surface area (Å²) < 4.78 is 9.08. The van der Waals surface area contributed by atoms with Crippen LogP contribution in [0, 0.1) is 18.8 Å². The number of para-hydroxylation sites is 1. The topological polar surface area (TPSA) is 97.9 Å². The molecule has 33 heavy (non-hydrogen) atoms. The van der Waals surface area contributed by atoms with Gasteiger partial charge in [-0.05, 0) is 36.9 Å². The van der Waals surface area contributed by atoms with Crippen molar-refractivity contribution in [1.82, 2.24) is 24.4 Å². The fourth-order valence-corrected chi connectivity index (χ4v) is 5.75. The van der Waals surface area contributed by atoms with Gasteiger partial charge in [-0.2, -0.15) is 0 Å². The van der Waals surface area contributed by atoms with Gasteiger partial charge in [-0.3, -0.25) is 9.59 Å². The van der Waals surface area contributed by atoms with E-state index in [1.807, 2.05) is 56.3 Å². The van der Waals surface area contributed by atoms with Crippen molar-refractivity contribution >= 4 is 28.4 Å². The zero-order valence-corrected chi connectivity index (χ0v) is 18.7. The van der Waals surface area contributed by atoms with E-state index in [2.05, 4.69) is 10.4 Å². The Morgan fingerprint density at radius 1 is 1.33 bits per heavy atom. The summed E-state index contributed by atoms with van der Waals surface area (Å²) in [5, 5.41) is 8.50. The molecule has 6 rings (SSSR count). The molecule has 9 nitrogen and oxygen atoms in total. The maximum Gasteiger partial charge on any atom is 0.350 e. The Morgan fingerprint density at radius 3 is 2.94 bits per heavy atom. The summed E-state index contributed by atoms with van der Waals surface area (Å²) in [7, 11) is 1.74. The lowest BCUT2D eigenvalue weighted by Crippen LogP contribution is -2.47. The number of likely N-dealkylation sites (N-methyl/N-ethyl adjacent to an activating group) is 1. The van der Waals surface area contributed by atoms with E-state index in [0.717, 1.165) is 16.5 Å². The van der Waals surface area contributed by atoms with Gasteiger partial charge in [-0.1, -0.05) is 30.4 Å². The molecule has 2 fully saturated rings. The average Bonchev–Trinajstić information content (AvgIpc) is 3.48. The van der Waals surface area contributed by atoms with Gasteiger partial charge in [0.15, 0.2) is 5.65 Å². The molecule has 5 atom stereocenters. The SMILES string of the molecule is Cc1cc2ccccc2n2c(=O)n(C[C@H](C)NC(=O)[C@H]3[C@H]4C=C[C@@]5(CN(C)C(=O)[C@@H]35)O4)nc12. The first-order valence-electron chi connectivity index (χ1n) is 11.2. The third-order valence-corrected chi connectivity index (χ3v) is 7.17. The Bertz CT molecular complexity index is 1420. The van der Waals surface area contributed by atoms with Crippen LogP contribution in [0.1, 0.15) is 12.5 Å². The third-order valence-electron chi connectivity index (χ3n) is 7.17. The van der Waals surface area contributed by atoms with Gasteiger partial charge < -0.3 is 15.0 Å². The number of aryl methyl sites for hydroxylation is 1. The number of ether oxygens (including phenoxy) is 1. The minimum absolute atomic E-state index is 0.0615. The number of hydrogen-bond acceptors (Lipinski definition) is 5. The van der Waals surface area contributed by atoms with Crippen LogP contribution in [0.15, 0.2) is 47.3 Å². The quantitative estimate of drug-likeness (QED) is 0.599. The summed E-state index contributed by atoms with van der Waals surface area (Å²) >= 11 is 0. The van der Waals surface area contributed by atoms with E-state index in [0.29, 0.717) is 12.2 Å². The lowest BCUT2D eigenvalue weighted by molar-refractivity contribution is -0.137. The smallest absolute Gasteiger partial charge is 0.350 e. The van der Waals surface area contributed by atoms with Crippen LogP contribution in [-0.4, -0.2) is 62.2 Å². The monoisotopic (exact) mass is 447 g/mol. The van der Waals surface area contributed by atoms with E-state index in [9.17, 15) is 14.4 Å². The Kier molecular flexibility index (Phi) is 4.14. The zero-order chi connectivity index (χ0) is 23.1. The molecule has 3 aromatic rings. The van der Waals surface area contributed by atoms with Crippen LogP contribution < -0.4 is 11.0 Å². The number of rotatable bonds is 4. The number of aromatic nitrogens is 3. The Balaban J connectivity index is 1.26. The molecule has 0 saturated carbocycles. The maximum absolute atomic E-state index is 13.2. The van der Waals surface area contributed by atoms with Crippen molar-refractivity contribution in [3.8, 4) is 0 Å². The van der Waals surface area contributed by atoms with Gasteiger partial charge in [-0.15, -0.1) is 5.10 Å². The molecule has 0 aliphatic carbocycles. The molecule has 3 aliphatic heterocycles. The Labute approximate surface area is 189 Å². The Morgan fingerprint density at radius 2 is 2.12 bits per heavy atom. The van der Waals surface area contributed by atoms with E-state index in [1.54, 1.807) is 16.3 Å². The van der Waals surface area contributed by atoms with E-state index in [1.165, 1.54) is 4.68 Å². The molecule has 2 aromatic heterocycles. The van der Waals surface area contributed by atoms with Crippen molar-refractivity contribution in [1.29, 1.82) is 0 Å². The van der Waals surface area contributed by atoms with Crippen LogP contribution in [0.3, 0.4) is 0 Å². The van der Waals surface area contributed by atoms with Gasteiger partial charge in [0.25, 0.3) is 0 Å². The van der Waals surface area contributed by atoms with Crippen molar-refractivity contribution in [2.75, 3.05) is 13.6 Å². The highest BCUT2D eigenvalue weighted by atomic mass is 16.5. The lowest BCUT2D eigenvalue weighted by Gasteiger charge is -2.25. The van der Waals surface area contributed by atoms with Gasteiger partial charge in [0, 0.05) is 13.1 Å². The highest BCUT2D eigenvalue weighted by molar-refractivity contribution is 5.93. The molecule has 2 saturated heterocycles. The Hall–Kier alpha value is -3.46. The van der Waals surface area contributed by atoms with E-state index >= 15 is 0 Å². The molecule has 1 aromatic carbocycles. The molecule has 5 heterocycles. The summed E-state index contributed by atoms with van der Waals surface area (Å²) in [6, 6.07) is 9.35. The number of benzene rings is 1. The summed E-state index contributed by atoms with van der Waals surface area (Å²) in [6.45, 7) is 4.45. The number of amides is 2. The first-order chi connectivity index (χ1) is 15.8. The summed E-state index contributed by atoms with van der Waals surface area (Å²) in [5.74, 6) is -1.37. The number of likely N-dealkylation sites (tertiary alicyclic amines) is 1. The highest BCUT2D eigenvalue weighted by Crippen LogP contribution is 2.51. The van der Waals surface area contributed by atoms with Crippen LogP contribution in [0.4, 0.5) is 0 Å². The molecule has 3 aliphatic rings. The van der Waals surface area contributed by atoms with Gasteiger partial charge in [0.2, 0.25) is 11.8 Å². The van der Waals surface area contributed by atoms with Gasteiger partial charge in [0.05, 0.1) is 36.5 Å². The molecule has 1 spiro atoms. The predicted molar refractivity (Wildman–Crippen MR) is 121 cm³/mol. The molecule has 0 radical (unpaired) electrons. The molecule has 2 bridgehead atoms. The van der Waals surface area contributed by atoms with Crippen molar-refractivity contribution in [2.24, 2.45) is 11.8 Å². The molecular weight excluding hydrogens is 422 g/mol. The van der Waals surface area contributed by atoms with Crippen molar-refractivity contribution in [3.05, 3.63) is 58.5 Å². The molecule has 9 heteroatoms. The molecule has 1 N–H and O–H groups in total. The normalized spacial score (nSPS) is 28.8. The number of nitrogens with one attached hydrogen (secondary N) is 1. The minimum atomic E-state index is -0.696. The predicted octanol–water partition coefficient (Wildman–Crippen LogP) is 0.874. The minimum Gasteiger partial charge on any atom is -0.360 e. The van der Waals surface area contributed by atoms with Crippen LogP contribution in [0.25, 0.3) is 16.6 Å². The van der Waals surface area contributed by atoms with Crippen LogP contribution in [0.2, 0.25) is 0 Å². The summed E-state index contributed by atoms with van der Waals surface area (Å²) in [4.78, 5) is 40.7. The second kappa shape index (κ2) is 6.77. The first kappa shape index (κ1) is 20.2. The zero-order valence-electron chi connectivity index (χ0n) is 18.7. The fraction of sp³-hybridized carbons (Fsp3) is 0.417. The highest BCUT2D eigenvalue weighted by Gasteiger charge is 2.66. The second-order valence-electron chi connectivity index (χ2n) is 9.51. The van der Waals surface area contributed by atoms with E-state index < -0.39 is 23.5 Å². The standard InChI is InChI=1S/C24H25N5O4/c1-13-10-15-6-4-5-7-16(15)29-20(13)26-28(23(29)32)11-14(2)25-21(30)18-17-8-9-24(33-17)12-27(3)22(31)19(18)24/h4-10,14,17-19H,11-12H2,1-3H3,(H,25,30)/t14-,17+,18-,19+,24-/m0/s1. The summed E-state index contributed by atoms with van der Waals surface area (Å²) in [5.41, 5.74) is 1.36. The van der Waals surface area contributed by atoms with Crippen molar-refractivity contribution in [3.63, 3.8) is 0 Å². The van der Waals surface area contributed by atoms with Crippen LogP contribution >= 0.6 is 0 Å². The number of pyridine rings is 1. The van der Waals surface area contributed by atoms with Gasteiger partial charge in [0.1, 0.15) is 5.60 Å². The van der Waals surface area contributed by atoms with Gasteiger partial charge in [-0.25, -0.2) is 13.9 Å². The first-order valence-corrected chi connectivity index (χ1v) is 11.2. The van der Waals surface area contributed by atoms with Gasteiger partial charge >= 0.3 is 5.69 Å². The average molecular weight is 447 g/mol. The number of hydrogen-bond donors (Lipinski definition) is 1. The van der Waals surface area contributed by atoms with Crippen molar-refractivity contribution < 1.29 is 14.3 Å². The van der Waals surface area contributed by atoms with Crippen LogP contribution in [0.5, 0.6) is 0 Å². The number of carbonyl (C=O) groups is 2. The largest absolute Gasteiger partial charge is 0.360 e.